The van der Waals surface area contributed by atoms with Crippen molar-refractivity contribution >= 4 is 69.9 Å². The molecule has 0 saturated heterocycles. The van der Waals surface area contributed by atoms with Crippen molar-refractivity contribution < 1.29 is 57.1 Å². The van der Waals surface area contributed by atoms with Crippen LogP contribution in [0.3, 0.4) is 0 Å². The fourth-order valence-corrected chi connectivity index (χ4v) is 10.4. The minimum atomic E-state index is -1.03. The SMILES string of the molecule is NC1=Cc2nc1c1c3ccc([nH]3)c3c4nc(c5c6ccc([nH]6)c2-c2ccccc2OCCOC(=O)c2cc(c(cc2C(=O)OCCOc2ccccc2-5)C(=O)OCCOc2ccccc2-3)C(=O)OCCOc2ccccc2-1)C=C4. The number of aromatic amines is 2. The first kappa shape index (κ1) is 48.2. The fourth-order valence-electron chi connectivity index (χ4n) is 10.4. The molecular weight excluding hydrogens is 1010 g/mol. The van der Waals surface area contributed by atoms with Gasteiger partial charge in [0, 0.05) is 66.6 Å². The minimum absolute atomic E-state index is 0.155. The molecule has 0 amide bonds. The molecule has 5 aromatic carbocycles. The van der Waals surface area contributed by atoms with E-state index >= 15 is 0 Å². The van der Waals surface area contributed by atoms with Gasteiger partial charge >= 0.3 is 23.9 Å². The summed E-state index contributed by atoms with van der Waals surface area (Å²) in [5, 5.41) is 0. The molecule has 17 nitrogen and oxygen atoms in total. The number of nitrogens with zero attached hydrogens (tertiary/aromatic N) is 2. The van der Waals surface area contributed by atoms with Gasteiger partial charge in [-0.2, -0.15) is 0 Å². The smallest absolute Gasteiger partial charge is 0.339 e. The Balaban J connectivity index is 1.21. The molecule has 0 saturated carbocycles. The largest absolute Gasteiger partial charge is 0.489 e. The normalized spacial score (nSPS) is 15.2. The molecule has 0 unspecified atom stereocenters. The Labute approximate surface area is 449 Å². The van der Waals surface area contributed by atoms with Crippen LogP contribution in [0.5, 0.6) is 23.0 Å². The van der Waals surface area contributed by atoms with Crippen LogP contribution in [-0.2, 0) is 18.9 Å². The number of hydrogen-bond acceptors (Lipinski definition) is 15. The lowest BCUT2D eigenvalue weighted by Gasteiger charge is -2.17. The summed E-state index contributed by atoms with van der Waals surface area (Å²) in [5.41, 5.74) is 15.6. The summed E-state index contributed by atoms with van der Waals surface area (Å²) in [6.45, 7) is -1.94. The van der Waals surface area contributed by atoms with E-state index in [4.69, 9.17) is 53.6 Å². The van der Waals surface area contributed by atoms with Crippen LogP contribution >= 0.6 is 0 Å². The van der Waals surface area contributed by atoms with Crippen molar-refractivity contribution in [2.75, 3.05) is 52.9 Å². The average molecular weight is 1050 g/mol. The Kier molecular flexibility index (Phi) is 12.4. The molecule has 17 heteroatoms. The molecule has 0 fully saturated rings. The topological polar surface area (TPSA) is 225 Å². The van der Waals surface area contributed by atoms with Crippen molar-refractivity contribution in [1.82, 2.24) is 19.9 Å². The van der Waals surface area contributed by atoms with Crippen LogP contribution < -0.4 is 24.7 Å². The lowest BCUT2D eigenvalue weighted by atomic mass is 9.98. The molecule has 0 radical (unpaired) electrons. The fraction of sp³-hybridized carbons (Fsp3) is 0.129. The van der Waals surface area contributed by atoms with Gasteiger partial charge in [0.2, 0.25) is 0 Å². The van der Waals surface area contributed by atoms with Crippen LogP contribution in [0.1, 0.15) is 64.2 Å². The van der Waals surface area contributed by atoms with E-state index in [0.29, 0.717) is 118 Å². The summed E-state index contributed by atoms with van der Waals surface area (Å²) in [6.07, 6.45) is 5.70. The van der Waals surface area contributed by atoms with E-state index in [2.05, 4.69) is 9.97 Å². The van der Waals surface area contributed by atoms with Gasteiger partial charge in [0.1, 0.15) is 75.9 Å². The first-order valence-corrected chi connectivity index (χ1v) is 25.5. The third-order valence-electron chi connectivity index (χ3n) is 13.9. The van der Waals surface area contributed by atoms with Gasteiger partial charge in [-0.1, -0.05) is 72.8 Å². The van der Waals surface area contributed by atoms with Gasteiger partial charge in [-0.05, 0) is 78.9 Å². The maximum absolute atomic E-state index is 14.3. The zero-order valence-corrected chi connectivity index (χ0v) is 42.0. The Bertz CT molecular complexity index is 4120. The van der Waals surface area contributed by atoms with Gasteiger partial charge in [0.15, 0.2) is 0 Å². The molecule has 79 heavy (non-hydrogen) atoms. The van der Waals surface area contributed by atoms with E-state index in [1.165, 1.54) is 0 Å². The number of ether oxygens (including phenoxy) is 8. The lowest BCUT2D eigenvalue weighted by Crippen LogP contribution is -2.23. The number of cyclic esters (lactones) is 4. The van der Waals surface area contributed by atoms with Crippen molar-refractivity contribution in [3.8, 4) is 67.5 Å². The molecule has 390 valence electrons. The van der Waals surface area contributed by atoms with Gasteiger partial charge in [0.25, 0.3) is 0 Å². The van der Waals surface area contributed by atoms with E-state index in [1.807, 2.05) is 115 Å². The van der Waals surface area contributed by atoms with E-state index in [-0.39, 0.29) is 52.9 Å². The van der Waals surface area contributed by atoms with Gasteiger partial charge in [0.05, 0.1) is 50.7 Å². The Morgan fingerprint density at radius 2 is 0.646 bits per heavy atom. The molecular formula is C62H45N5O12. The second kappa shape index (κ2) is 20.3. The zero-order valence-electron chi connectivity index (χ0n) is 42.0. The van der Waals surface area contributed by atoms with E-state index in [9.17, 15) is 19.2 Å². The Morgan fingerprint density at radius 1 is 0.342 bits per heavy atom. The first-order valence-electron chi connectivity index (χ1n) is 25.5. The van der Waals surface area contributed by atoms with Crippen LogP contribution in [0.15, 0.2) is 133 Å². The molecule has 4 aliphatic rings. The molecule has 12 rings (SSSR count). The number of nitrogens with two attached hydrogens (primary N) is 1. The van der Waals surface area contributed by atoms with Gasteiger partial charge in [-0.25, -0.2) is 29.1 Å². The number of fused-ring (bicyclic) bond motifs is 18. The van der Waals surface area contributed by atoms with Crippen LogP contribution in [0, 0.1) is 0 Å². The summed E-state index contributed by atoms with van der Waals surface area (Å²) < 4.78 is 49.1. The number of H-pyrrole nitrogens is 2. The first-order chi connectivity index (χ1) is 38.8. The molecule has 4 N–H and O–H groups in total. The number of benzene rings is 5. The predicted octanol–water partition coefficient (Wildman–Crippen LogP) is 10.5. The standard InChI is InChI=1S/C62H45N5O12/c63-42-33-49-56-36-11-3-7-15-52(36)74-25-29-78-61(70)39-32-41-40-31-38(39)59(68)76-27-23-72-50-13-5-1-9-34(50)54(45-19-20-47(56)65-45)43-17-18-44(64-43)55(35-10-2-6-14-51(35)73-24-28-77-60(40)69)46-21-22-48(66-46)57(58(42)67-49)37-12-4-8-16-53(37)75-26-30-79-62(41)71/h1-22,31-33,65-66H,23-30,63H2. The number of para-hydroxylation sites is 4. The molecule has 0 atom stereocenters. The van der Waals surface area contributed by atoms with E-state index in [0.717, 1.165) is 12.1 Å². The van der Waals surface area contributed by atoms with Crippen molar-refractivity contribution in [2.24, 2.45) is 5.73 Å². The predicted molar refractivity (Wildman–Crippen MR) is 293 cm³/mol. The van der Waals surface area contributed by atoms with Gasteiger partial charge in [-0.3, -0.25) is 0 Å². The van der Waals surface area contributed by atoms with E-state index < -0.39 is 46.1 Å². The molecule has 0 aliphatic carbocycles. The Morgan fingerprint density at radius 3 is 1.01 bits per heavy atom. The lowest BCUT2D eigenvalue weighted by molar-refractivity contribution is 0.0389. The van der Waals surface area contributed by atoms with Gasteiger partial charge < -0.3 is 53.6 Å². The number of nitrogens with one attached hydrogen (secondary N) is 2. The highest BCUT2D eigenvalue weighted by Crippen LogP contribution is 2.45. The highest BCUT2D eigenvalue weighted by molar-refractivity contribution is 6.11. The average Bonchev–Trinajstić information content (AvgIpc) is 4.50. The molecule has 4 aliphatic heterocycles. The number of carbonyl (C=O) groups excluding carboxylic acids is 4. The third kappa shape index (κ3) is 8.91. The van der Waals surface area contributed by atoms with Crippen LogP contribution in [-0.4, -0.2) is 96.7 Å². The second-order valence-corrected chi connectivity index (χ2v) is 18.6. The summed E-state index contributed by atoms with van der Waals surface area (Å²) >= 11 is 0. The van der Waals surface area contributed by atoms with Gasteiger partial charge in [-0.15, -0.1) is 0 Å². The molecule has 7 heterocycles. The summed E-state index contributed by atoms with van der Waals surface area (Å²) in [6, 6.07) is 39.6. The second-order valence-electron chi connectivity index (χ2n) is 18.6. The quantitative estimate of drug-likeness (QED) is 0.0948. The summed E-state index contributed by atoms with van der Waals surface area (Å²) in [5.74, 6) is -2.46. The number of rotatable bonds is 0. The summed E-state index contributed by atoms with van der Waals surface area (Å²) in [7, 11) is 0. The summed E-state index contributed by atoms with van der Waals surface area (Å²) in [4.78, 5) is 75.7. The number of aromatic nitrogens is 4. The van der Waals surface area contributed by atoms with Crippen LogP contribution in [0.2, 0.25) is 0 Å². The number of carbonyl (C=O) groups is 4. The highest BCUT2D eigenvalue weighted by atomic mass is 16.6. The van der Waals surface area contributed by atoms with E-state index in [1.54, 1.807) is 24.3 Å². The maximum atomic E-state index is 14.3. The molecule has 0 spiro atoms. The van der Waals surface area contributed by atoms with Crippen molar-refractivity contribution in [2.45, 2.75) is 0 Å². The molecule has 12 bridgehead atoms. The third-order valence-corrected chi connectivity index (χ3v) is 13.9. The Hall–Kier alpha value is -10.4. The molecule has 8 aromatic rings. The highest BCUT2D eigenvalue weighted by Gasteiger charge is 2.31. The minimum Gasteiger partial charge on any atom is -0.489 e. The maximum Gasteiger partial charge on any atom is 0.339 e. The number of esters is 4. The zero-order chi connectivity index (χ0) is 53.6. The van der Waals surface area contributed by atoms with Crippen LogP contribution in [0.4, 0.5) is 0 Å². The van der Waals surface area contributed by atoms with Crippen LogP contribution in [0.25, 0.3) is 90.5 Å². The van der Waals surface area contributed by atoms with Crippen molar-refractivity contribution in [3.63, 3.8) is 0 Å². The van der Waals surface area contributed by atoms with Crippen molar-refractivity contribution in [1.29, 1.82) is 0 Å². The molecule has 3 aromatic heterocycles. The van der Waals surface area contributed by atoms with Crippen molar-refractivity contribution in [3.05, 3.63) is 178 Å². The number of hydrogen-bond donors (Lipinski definition) is 3. The monoisotopic (exact) mass is 1050 g/mol.